The number of benzene rings is 2. The summed E-state index contributed by atoms with van der Waals surface area (Å²) < 4.78 is 29.5. The number of halogens is 1. The average molecular weight is 493 g/mol. The number of sulfonamides is 1. The highest BCUT2D eigenvalue weighted by atomic mass is 79.9. The molecule has 4 rings (SSSR count). The Labute approximate surface area is 183 Å². The molecule has 8 heteroatoms. The molecule has 5 nitrogen and oxygen atoms in total. The molecule has 0 radical (unpaired) electrons. The number of nitrogens with zero attached hydrogens (tertiary/aromatic N) is 2. The first-order chi connectivity index (χ1) is 13.9. The number of thiophene rings is 1. The second-order valence-electron chi connectivity index (χ2n) is 6.96. The van der Waals surface area contributed by atoms with Crippen molar-refractivity contribution in [1.82, 2.24) is 4.90 Å². The predicted octanol–water partition coefficient (Wildman–Crippen LogP) is 5.12. The van der Waals surface area contributed by atoms with Crippen LogP contribution in [0.4, 0.5) is 5.69 Å². The molecule has 0 unspecified atom stereocenters. The number of amides is 1. The minimum atomic E-state index is -3.67. The summed E-state index contributed by atoms with van der Waals surface area (Å²) >= 11 is 4.80. The summed E-state index contributed by atoms with van der Waals surface area (Å²) in [6.07, 6.45) is 2.11. The molecule has 1 aliphatic heterocycles. The van der Waals surface area contributed by atoms with Gasteiger partial charge in [0.25, 0.3) is 15.9 Å². The van der Waals surface area contributed by atoms with Crippen LogP contribution in [-0.4, -0.2) is 38.9 Å². The van der Waals surface area contributed by atoms with Crippen LogP contribution in [0.5, 0.6) is 0 Å². The number of rotatable bonds is 5. The number of anilines is 1. The molecule has 0 N–H and O–H groups in total. The van der Waals surface area contributed by atoms with Gasteiger partial charge in [0, 0.05) is 28.8 Å². The van der Waals surface area contributed by atoms with Crippen LogP contribution in [0.15, 0.2) is 57.9 Å². The van der Waals surface area contributed by atoms with E-state index >= 15 is 0 Å². The third kappa shape index (κ3) is 3.93. The van der Waals surface area contributed by atoms with Crippen molar-refractivity contribution in [3.63, 3.8) is 0 Å². The molecule has 152 valence electrons. The van der Waals surface area contributed by atoms with Crippen LogP contribution in [0.25, 0.3) is 10.1 Å². The van der Waals surface area contributed by atoms with Crippen molar-refractivity contribution in [2.75, 3.05) is 23.9 Å². The highest BCUT2D eigenvalue weighted by molar-refractivity contribution is 9.10. The van der Waals surface area contributed by atoms with E-state index in [-0.39, 0.29) is 10.8 Å². The Balaban J connectivity index is 1.68. The molecule has 1 aliphatic rings. The van der Waals surface area contributed by atoms with Gasteiger partial charge in [0.05, 0.1) is 15.5 Å². The Morgan fingerprint density at radius 1 is 1.10 bits per heavy atom. The van der Waals surface area contributed by atoms with Gasteiger partial charge in [0.1, 0.15) is 0 Å². The second-order valence-corrected chi connectivity index (χ2v) is 10.8. The molecule has 1 aromatic heterocycles. The summed E-state index contributed by atoms with van der Waals surface area (Å²) in [4.78, 5) is 15.5. The number of hydrogen-bond acceptors (Lipinski definition) is 4. The fourth-order valence-corrected chi connectivity index (χ4v) is 6.33. The standard InChI is InChI=1S/C21H21BrN2O3S2/c1-2-24(29(26,27)18-8-5-16(22)6-9-18)17-7-10-19-15(13-17)14-20(28-19)21(25)23-11-3-4-12-23/h5-10,13-14H,2-4,11-12H2,1H3. The lowest BCUT2D eigenvalue weighted by Crippen LogP contribution is -2.30. The normalized spacial score (nSPS) is 14.5. The van der Waals surface area contributed by atoms with Gasteiger partial charge in [-0.2, -0.15) is 0 Å². The van der Waals surface area contributed by atoms with Crippen LogP contribution < -0.4 is 4.31 Å². The van der Waals surface area contributed by atoms with Crippen molar-refractivity contribution in [3.05, 3.63) is 57.9 Å². The lowest BCUT2D eigenvalue weighted by Gasteiger charge is -2.23. The van der Waals surface area contributed by atoms with Gasteiger partial charge in [-0.3, -0.25) is 9.10 Å². The Morgan fingerprint density at radius 2 is 1.79 bits per heavy atom. The minimum absolute atomic E-state index is 0.0695. The number of carbonyl (C=O) groups excluding carboxylic acids is 1. The zero-order valence-electron chi connectivity index (χ0n) is 16.0. The van der Waals surface area contributed by atoms with Crippen LogP contribution >= 0.6 is 27.3 Å². The van der Waals surface area contributed by atoms with Crippen molar-refractivity contribution >= 4 is 59.0 Å². The van der Waals surface area contributed by atoms with Crippen LogP contribution in [-0.2, 0) is 10.0 Å². The lowest BCUT2D eigenvalue weighted by molar-refractivity contribution is 0.0797. The SMILES string of the molecule is CCN(c1ccc2sc(C(=O)N3CCCC3)cc2c1)S(=O)(=O)c1ccc(Br)cc1. The third-order valence-electron chi connectivity index (χ3n) is 5.08. The van der Waals surface area contributed by atoms with E-state index in [0.29, 0.717) is 17.1 Å². The first-order valence-corrected chi connectivity index (χ1v) is 12.6. The van der Waals surface area contributed by atoms with E-state index < -0.39 is 10.0 Å². The van der Waals surface area contributed by atoms with Gasteiger partial charge < -0.3 is 4.90 Å². The maximum atomic E-state index is 13.2. The molecule has 2 heterocycles. The van der Waals surface area contributed by atoms with Gasteiger partial charge >= 0.3 is 0 Å². The monoisotopic (exact) mass is 492 g/mol. The largest absolute Gasteiger partial charge is 0.338 e. The topological polar surface area (TPSA) is 57.7 Å². The maximum absolute atomic E-state index is 13.2. The van der Waals surface area contributed by atoms with Crippen LogP contribution in [0.1, 0.15) is 29.4 Å². The van der Waals surface area contributed by atoms with Gasteiger partial charge in [-0.05, 0) is 73.7 Å². The van der Waals surface area contributed by atoms with Gasteiger partial charge in [-0.15, -0.1) is 11.3 Å². The van der Waals surface area contributed by atoms with Gasteiger partial charge in [-0.1, -0.05) is 15.9 Å². The first-order valence-electron chi connectivity index (χ1n) is 9.51. The molecular formula is C21H21BrN2O3S2. The number of hydrogen-bond donors (Lipinski definition) is 0. The second kappa shape index (κ2) is 8.08. The number of likely N-dealkylation sites (tertiary alicyclic amines) is 1. The maximum Gasteiger partial charge on any atom is 0.264 e. The summed E-state index contributed by atoms with van der Waals surface area (Å²) in [5.74, 6) is 0.0695. The minimum Gasteiger partial charge on any atom is -0.338 e. The molecule has 0 spiro atoms. The third-order valence-corrected chi connectivity index (χ3v) is 8.63. The van der Waals surface area contributed by atoms with Crippen molar-refractivity contribution in [2.24, 2.45) is 0 Å². The van der Waals surface area contributed by atoms with Crippen molar-refractivity contribution in [2.45, 2.75) is 24.7 Å². The van der Waals surface area contributed by atoms with E-state index in [1.165, 1.54) is 15.6 Å². The fourth-order valence-electron chi connectivity index (χ4n) is 3.59. The van der Waals surface area contributed by atoms with E-state index in [9.17, 15) is 13.2 Å². The Kier molecular flexibility index (Phi) is 5.68. The van der Waals surface area contributed by atoms with Gasteiger partial charge in [0.2, 0.25) is 0 Å². The van der Waals surface area contributed by atoms with E-state index in [0.717, 1.165) is 40.5 Å². The summed E-state index contributed by atoms with van der Waals surface area (Å²) in [5, 5.41) is 0.888. The van der Waals surface area contributed by atoms with E-state index in [2.05, 4.69) is 15.9 Å². The zero-order valence-corrected chi connectivity index (χ0v) is 19.2. The summed E-state index contributed by atoms with van der Waals surface area (Å²) in [5.41, 5.74) is 0.598. The Hall–Kier alpha value is -1.90. The highest BCUT2D eigenvalue weighted by Gasteiger charge is 2.25. The van der Waals surface area contributed by atoms with Crippen LogP contribution in [0, 0.1) is 0 Å². The van der Waals surface area contributed by atoms with Gasteiger partial charge in [0.15, 0.2) is 0 Å². The van der Waals surface area contributed by atoms with E-state index in [4.69, 9.17) is 0 Å². The summed E-state index contributed by atoms with van der Waals surface area (Å²) in [7, 11) is -3.67. The molecular weight excluding hydrogens is 472 g/mol. The van der Waals surface area contributed by atoms with Gasteiger partial charge in [-0.25, -0.2) is 8.42 Å². The van der Waals surface area contributed by atoms with Crippen molar-refractivity contribution in [1.29, 1.82) is 0 Å². The molecule has 1 saturated heterocycles. The molecule has 1 amide bonds. The molecule has 1 fully saturated rings. The summed E-state index contributed by atoms with van der Waals surface area (Å²) in [6, 6.07) is 14.1. The van der Waals surface area contributed by atoms with E-state index in [1.54, 1.807) is 24.3 Å². The van der Waals surface area contributed by atoms with Crippen molar-refractivity contribution < 1.29 is 13.2 Å². The predicted molar refractivity (Wildman–Crippen MR) is 121 cm³/mol. The quantitative estimate of drug-likeness (QED) is 0.496. The molecule has 0 saturated carbocycles. The zero-order chi connectivity index (χ0) is 20.6. The summed E-state index contributed by atoms with van der Waals surface area (Å²) in [6.45, 7) is 3.75. The average Bonchev–Trinajstić information content (AvgIpc) is 3.38. The smallest absolute Gasteiger partial charge is 0.264 e. The highest BCUT2D eigenvalue weighted by Crippen LogP contribution is 2.33. The number of carbonyl (C=O) groups is 1. The molecule has 0 atom stereocenters. The fraction of sp³-hybridized carbons (Fsp3) is 0.286. The molecule has 3 aromatic rings. The van der Waals surface area contributed by atoms with Crippen LogP contribution in [0.3, 0.4) is 0 Å². The Morgan fingerprint density at radius 3 is 2.45 bits per heavy atom. The molecule has 29 heavy (non-hydrogen) atoms. The van der Waals surface area contributed by atoms with E-state index in [1.807, 2.05) is 36.1 Å². The molecule has 0 bridgehead atoms. The first kappa shape index (κ1) is 20.4. The lowest BCUT2D eigenvalue weighted by atomic mass is 10.2. The van der Waals surface area contributed by atoms with Crippen LogP contribution in [0.2, 0.25) is 0 Å². The molecule has 2 aromatic carbocycles. The number of fused-ring (bicyclic) bond motifs is 1. The van der Waals surface area contributed by atoms with Crippen molar-refractivity contribution in [3.8, 4) is 0 Å². The molecule has 0 aliphatic carbocycles. The Bertz CT molecular complexity index is 1150.